The predicted octanol–water partition coefficient (Wildman–Crippen LogP) is 2.63. The number of epoxide rings is 1. The quantitative estimate of drug-likeness (QED) is 0.00661. The lowest BCUT2D eigenvalue weighted by atomic mass is 9.96. The highest BCUT2D eigenvalue weighted by Crippen LogP contribution is 2.30. The van der Waals surface area contributed by atoms with Crippen LogP contribution in [-0.4, -0.2) is 205 Å². The standard InChI is InChI=1S/C75H118N16O13S/c1-5-6-15-35-62-63(104-62)36-20-11-9-7-8-10-12-21-37-64(93)79-39-23-22-31-56(85-55(32-24-40-80-75(76)77)68(97)69(98)60-33-25-41-90(60)78)73(102)89-91-42-26-34-61(91)74(103)83-47-65(94)81-48-66(95)87-59(46-53-29-18-14-19-30-53)72(101)88-58(45-52-27-16-13-17-28-52)70(99)82-49-67(96)86-57(44-51(2)3)71(100)84-54(50-92)38-43-105-4/h11,13-14,16-20,27-30,50-51,54-63,85H,5-10,12,15,21-26,31-49,78H2,1-4H3,(H,79,93)(H,81,94)(H,82,99)(H,83,103)(H,84,100)(H,86,96)(H,87,95)(H,88,101)(H,89,102)(H4,76,77,80)/b20-11-/t54-,55-,56?,57?,58?,59-,60-,61-,62+,63-/m0/s1. The number of guanidine groups is 1. The van der Waals surface area contributed by atoms with Gasteiger partial charge in [0.25, 0.3) is 5.91 Å². The van der Waals surface area contributed by atoms with Gasteiger partial charge < -0.3 is 63.1 Å². The molecule has 29 nitrogen and oxygen atoms in total. The summed E-state index contributed by atoms with van der Waals surface area (Å²) in [5, 5.41) is 37.6. The van der Waals surface area contributed by atoms with Gasteiger partial charge >= 0.3 is 0 Å². The molecule has 9 amide bonds. The maximum absolute atomic E-state index is 14.5. The molecular weight excluding hydrogens is 1360 g/mol. The van der Waals surface area contributed by atoms with E-state index in [0.29, 0.717) is 99.8 Å². The Bertz CT molecular complexity index is 3120. The number of nitrogens with two attached hydrogens (primary N) is 2. The molecule has 3 unspecified atom stereocenters. The average molecular weight is 1480 g/mol. The molecule has 2 aromatic carbocycles. The Morgan fingerprint density at radius 2 is 1.22 bits per heavy atom. The molecule has 3 fully saturated rings. The first-order valence-electron chi connectivity index (χ1n) is 37.7. The van der Waals surface area contributed by atoms with E-state index in [1.165, 1.54) is 41.0 Å². The van der Waals surface area contributed by atoms with Gasteiger partial charge in [0.05, 0.1) is 56.0 Å². The molecule has 0 bridgehead atoms. The van der Waals surface area contributed by atoms with Crippen LogP contribution in [0.4, 0.5) is 0 Å². The molecule has 0 radical (unpaired) electrons. The SMILES string of the molecule is CCCCC[C@H]1O[C@H]1C/C=C\CCCCCCCC(=O)NCCCCC(N[C@@H](CCCNC(=N)N)C(=O)C(=O)[C@@H]1CCCN1N)C(=O)NN1CCC[C@H]1C(=O)NCC(=O)NCC(=O)N[C@@H](Cc1ccccc1)C(=O)NC(Cc1ccccc1)C(=O)NCC(=O)NC(CC(C)C)C(=O)N[C@H](C=O)CCSC. The lowest BCUT2D eigenvalue weighted by molar-refractivity contribution is -0.141. The zero-order chi connectivity index (χ0) is 76.3. The largest absolute Gasteiger partial charge is 0.370 e. The highest BCUT2D eigenvalue weighted by molar-refractivity contribution is 7.98. The number of nitrogens with one attached hydrogen (secondary N) is 12. The van der Waals surface area contributed by atoms with Crippen molar-refractivity contribution in [2.24, 2.45) is 17.5 Å². The van der Waals surface area contributed by atoms with Crippen molar-refractivity contribution in [1.29, 1.82) is 5.41 Å². The molecule has 0 aromatic heterocycles. The molecule has 16 N–H and O–H groups in total. The van der Waals surface area contributed by atoms with Crippen molar-refractivity contribution in [3.63, 3.8) is 0 Å². The molecular formula is C75H118N16O13S. The first-order valence-corrected chi connectivity index (χ1v) is 39.1. The van der Waals surface area contributed by atoms with Crippen LogP contribution in [0.5, 0.6) is 0 Å². The minimum atomic E-state index is -1.30. The molecule has 0 spiro atoms. The van der Waals surface area contributed by atoms with Crippen molar-refractivity contribution in [3.8, 4) is 0 Å². The molecule has 3 saturated heterocycles. The number of benzene rings is 2. The van der Waals surface area contributed by atoms with Crippen molar-refractivity contribution >= 4 is 88.7 Å². The van der Waals surface area contributed by atoms with Gasteiger partial charge in [-0.15, -0.1) is 0 Å². The number of carbonyl (C=O) groups excluding carboxylic acids is 12. The number of hydrazine groups is 2. The summed E-state index contributed by atoms with van der Waals surface area (Å²) in [5.74, 6) is -0.563. The number of ketones is 2. The second kappa shape index (κ2) is 49.6. The monoisotopic (exact) mass is 1480 g/mol. The van der Waals surface area contributed by atoms with E-state index in [1.807, 2.05) is 20.1 Å². The fraction of sp³-hybridized carbons (Fsp3) is 0.640. The number of unbranched alkanes of at least 4 members (excludes halogenated alkanes) is 8. The summed E-state index contributed by atoms with van der Waals surface area (Å²) in [6, 6.07) is 9.21. The molecule has 105 heavy (non-hydrogen) atoms. The number of amides is 9. The number of allylic oxidation sites excluding steroid dienone is 1. The molecule has 582 valence electrons. The Labute approximate surface area is 623 Å². The second-order valence-electron chi connectivity index (χ2n) is 27.8. The number of rotatable bonds is 54. The summed E-state index contributed by atoms with van der Waals surface area (Å²) >= 11 is 1.52. The van der Waals surface area contributed by atoms with Gasteiger partial charge in [-0.05, 0) is 132 Å². The molecule has 0 saturated carbocycles. The first-order chi connectivity index (χ1) is 50.6. The van der Waals surface area contributed by atoms with Crippen LogP contribution >= 0.6 is 11.8 Å². The molecule has 2 aromatic rings. The van der Waals surface area contributed by atoms with E-state index in [-0.39, 0.29) is 69.4 Å². The van der Waals surface area contributed by atoms with Crippen LogP contribution in [0.25, 0.3) is 0 Å². The van der Waals surface area contributed by atoms with Gasteiger partial charge in [-0.3, -0.25) is 74.7 Å². The van der Waals surface area contributed by atoms with Crippen molar-refractivity contribution in [1.82, 2.24) is 68.6 Å². The van der Waals surface area contributed by atoms with Crippen LogP contribution in [0, 0.1) is 11.3 Å². The van der Waals surface area contributed by atoms with E-state index < -0.39 is 127 Å². The number of Topliss-reactive ketones (excluding diaryl/α,β-unsaturated/α-hetero) is 2. The molecule has 3 aliphatic rings. The number of nitrogens with zero attached hydrogens (tertiary/aromatic N) is 2. The summed E-state index contributed by atoms with van der Waals surface area (Å²) in [4.78, 5) is 163. The lowest BCUT2D eigenvalue weighted by Gasteiger charge is -2.29. The van der Waals surface area contributed by atoms with Crippen molar-refractivity contribution in [3.05, 3.63) is 83.9 Å². The molecule has 30 heteroatoms. The zero-order valence-corrected chi connectivity index (χ0v) is 62.8. The third kappa shape index (κ3) is 34.8. The average Bonchev–Trinajstić information content (AvgIpc) is 1.77. The third-order valence-electron chi connectivity index (χ3n) is 18.6. The Balaban J connectivity index is 1.15. The van der Waals surface area contributed by atoms with E-state index in [1.54, 1.807) is 60.7 Å². The fourth-order valence-corrected chi connectivity index (χ4v) is 13.2. The van der Waals surface area contributed by atoms with Gasteiger partial charge in [-0.25, -0.2) is 10.0 Å². The summed E-state index contributed by atoms with van der Waals surface area (Å²) < 4.78 is 5.79. The first kappa shape index (κ1) is 87.5. The molecule has 3 aliphatic heterocycles. The minimum Gasteiger partial charge on any atom is -0.370 e. The highest BCUT2D eigenvalue weighted by Gasteiger charge is 2.40. The molecule has 0 aliphatic carbocycles. The molecule has 3 heterocycles. The number of hydrogen-bond acceptors (Lipinski definition) is 19. The minimum absolute atomic E-state index is 0.0252. The summed E-state index contributed by atoms with van der Waals surface area (Å²) in [6.45, 7) is 5.39. The van der Waals surface area contributed by atoms with Gasteiger partial charge in [-0.2, -0.15) is 11.8 Å². The number of aldehydes is 1. The maximum Gasteiger partial charge on any atom is 0.251 e. The van der Waals surface area contributed by atoms with Crippen LogP contribution in [-0.2, 0) is 75.1 Å². The molecule has 5 rings (SSSR count). The van der Waals surface area contributed by atoms with E-state index in [4.69, 9.17) is 21.7 Å². The summed E-state index contributed by atoms with van der Waals surface area (Å²) in [5.41, 5.74) is 9.69. The Morgan fingerprint density at radius 1 is 0.600 bits per heavy atom. The third-order valence-corrected chi connectivity index (χ3v) is 19.3. The Hall–Kier alpha value is -8.16. The number of thioether (sulfide) groups is 1. The van der Waals surface area contributed by atoms with Crippen LogP contribution in [0.1, 0.15) is 180 Å². The van der Waals surface area contributed by atoms with Crippen molar-refractivity contribution < 1.29 is 62.3 Å². The van der Waals surface area contributed by atoms with Crippen molar-refractivity contribution in [2.45, 2.75) is 242 Å². The summed E-state index contributed by atoms with van der Waals surface area (Å²) in [7, 11) is 0. The van der Waals surface area contributed by atoms with Crippen molar-refractivity contribution in [2.75, 3.05) is 57.8 Å². The number of hydrogen-bond donors (Lipinski definition) is 14. The van der Waals surface area contributed by atoms with Gasteiger partial charge in [0, 0.05) is 45.4 Å². The van der Waals surface area contributed by atoms with Gasteiger partial charge in [0.1, 0.15) is 30.5 Å². The fourth-order valence-electron chi connectivity index (χ4n) is 12.7. The van der Waals surface area contributed by atoms with Crippen LogP contribution in [0.3, 0.4) is 0 Å². The highest BCUT2D eigenvalue weighted by atomic mass is 32.2. The van der Waals surface area contributed by atoms with Crippen LogP contribution < -0.4 is 70.2 Å². The van der Waals surface area contributed by atoms with E-state index in [0.717, 1.165) is 51.4 Å². The molecule has 10 atom stereocenters. The van der Waals surface area contributed by atoms with Gasteiger partial charge in [-0.1, -0.05) is 132 Å². The zero-order valence-electron chi connectivity index (χ0n) is 62.0. The topological polar surface area (TPSA) is 432 Å². The van der Waals surface area contributed by atoms with E-state index in [2.05, 4.69) is 77.7 Å². The number of carbonyl (C=O) groups is 12. The Morgan fingerprint density at radius 3 is 1.88 bits per heavy atom. The Kier molecular flexibility index (Phi) is 41.3. The van der Waals surface area contributed by atoms with Gasteiger partial charge in [0.15, 0.2) is 5.96 Å². The predicted molar refractivity (Wildman–Crippen MR) is 403 cm³/mol. The number of ether oxygens (including phenoxy) is 1. The van der Waals surface area contributed by atoms with Crippen LogP contribution in [0.2, 0.25) is 0 Å². The smallest absolute Gasteiger partial charge is 0.251 e. The normalized spacial score (nSPS) is 18.1. The van der Waals surface area contributed by atoms with Gasteiger partial charge in [0.2, 0.25) is 58.8 Å². The second-order valence-corrected chi connectivity index (χ2v) is 28.8. The lowest BCUT2D eigenvalue weighted by Crippen LogP contribution is -2.59. The van der Waals surface area contributed by atoms with E-state index in [9.17, 15) is 57.5 Å². The summed E-state index contributed by atoms with van der Waals surface area (Å²) in [6.07, 6.45) is 23.8. The van der Waals surface area contributed by atoms with E-state index >= 15 is 0 Å². The maximum atomic E-state index is 14.5. The van der Waals surface area contributed by atoms with Crippen LogP contribution in [0.15, 0.2) is 72.8 Å².